The second-order valence-electron chi connectivity index (χ2n) is 4.48. The molecule has 3 N–H and O–H groups in total. The van der Waals surface area contributed by atoms with Crippen LogP contribution in [0.5, 0.6) is 0 Å². The SMILES string of the molecule is CNC(=O)c1ccc(C2(C)CCSC(N)=N2)cc1. The van der Waals surface area contributed by atoms with Crippen LogP contribution in [0.1, 0.15) is 29.3 Å². The maximum Gasteiger partial charge on any atom is 0.251 e. The fourth-order valence-electron chi connectivity index (χ4n) is 2.02. The Labute approximate surface area is 111 Å². The van der Waals surface area contributed by atoms with Crippen LogP contribution in [0.15, 0.2) is 29.3 Å². The molecular weight excluding hydrogens is 246 g/mol. The van der Waals surface area contributed by atoms with Crippen molar-refractivity contribution in [3.63, 3.8) is 0 Å². The molecule has 0 radical (unpaired) electrons. The first-order chi connectivity index (χ1) is 8.55. The second-order valence-corrected chi connectivity index (χ2v) is 5.59. The van der Waals surface area contributed by atoms with Gasteiger partial charge in [0, 0.05) is 18.4 Å². The molecule has 0 bridgehead atoms. The van der Waals surface area contributed by atoms with Gasteiger partial charge in [0.05, 0.1) is 5.54 Å². The average Bonchev–Trinajstić information content (AvgIpc) is 2.38. The minimum absolute atomic E-state index is 0.0751. The van der Waals surface area contributed by atoms with Gasteiger partial charge in [-0.15, -0.1) is 0 Å². The van der Waals surface area contributed by atoms with Crippen LogP contribution in [0.25, 0.3) is 0 Å². The summed E-state index contributed by atoms with van der Waals surface area (Å²) in [6, 6.07) is 7.56. The molecular formula is C13H17N3OS. The Morgan fingerprint density at radius 1 is 1.44 bits per heavy atom. The lowest BCUT2D eigenvalue weighted by Gasteiger charge is -2.29. The van der Waals surface area contributed by atoms with Gasteiger partial charge in [0.2, 0.25) is 0 Å². The van der Waals surface area contributed by atoms with E-state index in [0.717, 1.165) is 17.7 Å². The molecule has 5 heteroatoms. The molecule has 1 aromatic rings. The quantitative estimate of drug-likeness (QED) is 0.853. The number of amides is 1. The summed E-state index contributed by atoms with van der Waals surface area (Å²) in [5.41, 5.74) is 7.28. The van der Waals surface area contributed by atoms with Crippen molar-refractivity contribution >= 4 is 22.8 Å². The fourth-order valence-corrected chi connectivity index (χ4v) is 2.99. The first kappa shape index (κ1) is 13.0. The van der Waals surface area contributed by atoms with E-state index < -0.39 is 0 Å². The molecule has 96 valence electrons. The number of hydrogen-bond donors (Lipinski definition) is 2. The first-order valence-corrected chi connectivity index (χ1v) is 6.84. The Bertz CT molecular complexity index is 484. The highest BCUT2D eigenvalue weighted by Crippen LogP contribution is 2.34. The molecule has 0 aliphatic carbocycles. The summed E-state index contributed by atoms with van der Waals surface area (Å²) in [4.78, 5) is 16.0. The van der Waals surface area contributed by atoms with Crippen molar-refractivity contribution < 1.29 is 4.79 Å². The van der Waals surface area contributed by atoms with Crippen molar-refractivity contribution in [2.45, 2.75) is 18.9 Å². The van der Waals surface area contributed by atoms with Gasteiger partial charge in [-0.2, -0.15) is 0 Å². The second kappa shape index (κ2) is 5.02. The number of thioether (sulfide) groups is 1. The van der Waals surface area contributed by atoms with E-state index in [2.05, 4.69) is 17.2 Å². The van der Waals surface area contributed by atoms with Gasteiger partial charge in [0.15, 0.2) is 5.17 Å². The zero-order valence-electron chi connectivity index (χ0n) is 10.6. The molecule has 4 nitrogen and oxygen atoms in total. The molecule has 1 atom stereocenters. The minimum Gasteiger partial charge on any atom is -0.379 e. The van der Waals surface area contributed by atoms with Crippen LogP contribution in [-0.2, 0) is 5.54 Å². The Balaban J connectivity index is 2.29. The summed E-state index contributed by atoms with van der Waals surface area (Å²) in [6.45, 7) is 2.08. The van der Waals surface area contributed by atoms with Gasteiger partial charge in [-0.25, -0.2) is 0 Å². The van der Waals surface area contributed by atoms with Crippen molar-refractivity contribution in [2.24, 2.45) is 10.7 Å². The molecule has 1 heterocycles. The third-order valence-electron chi connectivity index (χ3n) is 3.19. The molecule has 1 amide bonds. The molecule has 18 heavy (non-hydrogen) atoms. The molecule has 1 aliphatic rings. The summed E-state index contributed by atoms with van der Waals surface area (Å²) >= 11 is 1.59. The van der Waals surface area contributed by atoms with Gasteiger partial charge >= 0.3 is 0 Å². The predicted molar refractivity (Wildman–Crippen MR) is 75.9 cm³/mol. The van der Waals surface area contributed by atoms with Crippen LogP contribution in [0.3, 0.4) is 0 Å². The molecule has 0 aromatic heterocycles. The maximum absolute atomic E-state index is 11.5. The lowest BCUT2D eigenvalue weighted by atomic mass is 9.89. The van der Waals surface area contributed by atoms with Crippen molar-refractivity contribution in [3.8, 4) is 0 Å². The number of amidine groups is 1. The van der Waals surface area contributed by atoms with Crippen LogP contribution in [0.4, 0.5) is 0 Å². The molecule has 0 saturated carbocycles. The Morgan fingerprint density at radius 2 is 2.11 bits per heavy atom. The van der Waals surface area contributed by atoms with Crippen molar-refractivity contribution in [1.29, 1.82) is 0 Å². The van der Waals surface area contributed by atoms with E-state index >= 15 is 0 Å². The number of carbonyl (C=O) groups is 1. The summed E-state index contributed by atoms with van der Waals surface area (Å²) in [5.74, 6) is 0.900. The maximum atomic E-state index is 11.5. The van der Waals surface area contributed by atoms with E-state index in [1.54, 1.807) is 18.8 Å². The molecule has 0 spiro atoms. The van der Waals surface area contributed by atoms with Crippen LogP contribution in [0, 0.1) is 0 Å². The van der Waals surface area contributed by atoms with Gasteiger partial charge in [0.1, 0.15) is 0 Å². The largest absolute Gasteiger partial charge is 0.379 e. The standard InChI is InChI=1S/C13H17N3OS/c1-13(7-8-18-12(14)16-13)10-5-3-9(4-6-10)11(17)15-2/h3-6H,7-8H2,1-2H3,(H2,14,16)(H,15,17). The number of nitrogens with two attached hydrogens (primary N) is 1. The van der Waals surface area contributed by atoms with E-state index in [9.17, 15) is 4.79 Å². The van der Waals surface area contributed by atoms with E-state index in [-0.39, 0.29) is 11.4 Å². The van der Waals surface area contributed by atoms with Gasteiger partial charge < -0.3 is 11.1 Å². The van der Waals surface area contributed by atoms with E-state index in [4.69, 9.17) is 5.73 Å². The number of carbonyl (C=O) groups excluding carboxylic acids is 1. The first-order valence-electron chi connectivity index (χ1n) is 5.86. The summed E-state index contributed by atoms with van der Waals surface area (Å²) in [7, 11) is 1.63. The van der Waals surface area contributed by atoms with Crippen molar-refractivity contribution in [3.05, 3.63) is 35.4 Å². The van der Waals surface area contributed by atoms with Crippen LogP contribution >= 0.6 is 11.8 Å². The van der Waals surface area contributed by atoms with Crippen LogP contribution < -0.4 is 11.1 Å². The molecule has 1 aliphatic heterocycles. The molecule has 0 fully saturated rings. The topological polar surface area (TPSA) is 67.5 Å². The zero-order chi connectivity index (χ0) is 13.2. The summed E-state index contributed by atoms with van der Waals surface area (Å²) in [5, 5.41) is 3.25. The van der Waals surface area contributed by atoms with Gasteiger partial charge in [-0.1, -0.05) is 23.9 Å². The number of benzene rings is 1. The van der Waals surface area contributed by atoms with Crippen molar-refractivity contribution in [1.82, 2.24) is 5.32 Å². The smallest absolute Gasteiger partial charge is 0.251 e. The zero-order valence-corrected chi connectivity index (χ0v) is 11.4. The third kappa shape index (κ3) is 2.51. The summed E-state index contributed by atoms with van der Waals surface area (Å²) in [6.07, 6.45) is 0.956. The number of aliphatic imine (C=N–C) groups is 1. The average molecular weight is 263 g/mol. The van der Waals surface area contributed by atoms with E-state index in [1.165, 1.54) is 0 Å². The number of nitrogens with zero attached hydrogens (tertiary/aromatic N) is 1. The van der Waals surface area contributed by atoms with Crippen LogP contribution in [0.2, 0.25) is 0 Å². The Hall–Kier alpha value is -1.49. The molecule has 2 rings (SSSR count). The van der Waals surface area contributed by atoms with Gasteiger partial charge in [-0.3, -0.25) is 9.79 Å². The monoisotopic (exact) mass is 263 g/mol. The van der Waals surface area contributed by atoms with Crippen LogP contribution in [-0.4, -0.2) is 23.9 Å². The Kier molecular flexibility index (Phi) is 3.61. The predicted octanol–water partition coefficient (Wildman–Crippen LogP) is 1.71. The number of rotatable bonds is 2. The lowest BCUT2D eigenvalue weighted by Crippen LogP contribution is -2.28. The molecule has 1 aromatic carbocycles. The van der Waals surface area contributed by atoms with Crippen molar-refractivity contribution in [2.75, 3.05) is 12.8 Å². The van der Waals surface area contributed by atoms with E-state index in [0.29, 0.717) is 10.7 Å². The van der Waals surface area contributed by atoms with Gasteiger partial charge in [0.25, 0.3) is 5.91 Å². The molecule has 0 saturated heterocycles. The lowest BCUT2D eigenvalue weighted by molar-refractivity contribution is 0.0963. The minimum atomic E-state index is -0.267. The fraction of sp³-hybridized carbons (Fsp3) is 0.385. The normalized spacial score (nSPS) is 23.3. The highest BCUT2D eigenvalue weighted by molar-refractivity contribution is 8.13. The Morgan fingerprint density at radius 3 is 2.67 bits per heavy atom. The summed E-state index contributed by atoms with van der Waals surface area (Å²) < 4.78 is 0. The highest BCUT2D eigenvalue weighted by Gasteiger charge is 2.29. The number of hydrogen-bond acceptors (Lipinski definition) is 4. The third-order valence-corrected chi connectivity index (χ3v) is 3.99. The number of nitrogens with one attached hydrogen (secondary N) is 1. The highest BCUT2D eigenvalue weighted by atomic mass is 32.2. The van der Waals surface area contributed by atoms with E-state index in [1.807, 2.05) is 24.3 Å². The van der Waals surface area contributed by atoms with Gasteiger partial charge in [-0.05, 0) is 31.0 Å². The molecule has 1 unspecified atom stereocenters.